The maximum Gasteiger partial charge on any atom is 0.178 e. The lowest BCUT2D eigenvalue weighted by molar-refractivity contribution is -0.0115. The highest BCUT2D eigenvalue weighted by Gasteiger charge is 2.33. The molecule has 2 aliphatic rings. The molecule has 2 unspecified atom stereocenters. The standard InChI is InChI=1S/C15H18Br4N2O3/c16-10-11(17)13(19)15-14(12(10)18)23-6-9(24-15)8(22)5-21-7-1-3-20-4-2-7/h7-9,20-22H,1-6H2. The molecule has 134 valence electrons. The zero-order valence-electron chi connectivity index (χ0n) is 12.8. The van der Waals surface area contributed by atoms with Gasteiger partial charge >= 0.3 is 0 Å². The number of hydrogen-bond acceptors (Lipinski definition) is 5. The van der Waals surface area contributed by atoms with Crippen molar-refractivity contribution in [2.75, 3.05) is 26.2 Å². The molecule has 24 heavy (non-hydrogen) atoms. The van der Waals surface area contributed by atoms with Crippen LogP contribution in [-0.2, 0) is 0 Å². The van der Waals surface area contributed by atoms with Crippen molar-refractivity contribution < 1.29 is 14.6 Å². The maximum atomic E-state index is 10.5. The topological polar surface area (TPSA) is 62.8 Å². The fourth-order valence-electron chi connectivity index (χ4n) is 2.81. The fraction of sp³-hybridized carbons (Fsp3) is 0.600. The summed E-state index contributed by atoms with van der Waals surface area (Å²) in [6.07, 6.45) is 1.11. The van der Waals surface area contributed by atoms with Gasteiger partial charge in [0.05, 0.1) is 17.9 Å². The highest BCUT2D eigenvalue weighted by atomic mass is 79.9. The first-order chi connectivity index (χ1) is 11.5. The first-order valence-electron chi connectivity index (χ1n) is 7.76. The Morgan fingerprint density at radius 1 is 1.04 bits per heavy atom. The third-order valence-electron chi connectivity index (χ3n) is 4.23. The van der Waals surface area contributed by atoms with Gasteiger partial charge in [-0.25, -0.2) is 0 Å². The van der Waals surface area contributed by atoms with Crippen LogP contribution in [0.1, 0.15) is 12.8 Å². The highest BCUT2D eigenvalue weighted by Crippen LogP contribution is 2.52. The second kappa shape index (κ2) is 8.54. The number of aliphatic hydroxyl groups excluding tert-OH is 1. The smallest absolute Gasteiger partial charge is 0.178 e. The molecular formula is C15H18Br4N2O3. The van der Waals surface area contributed by atoms with Crippen LogP contribution in [0, 0.1) is 0 Å². The SMILES string of the molecule is OC(CNC1CCNCC1)C1COc2c(Br)c(Br)c(Br)c(Br)c2O1. The Labute approximate surface area is 174 Å². The van der Waals surface area contributed by atoms with Crippen LogP contribution in [0.15, 0.2) is 17.9 Å². The van der Waals surface area contributed by atoms with Gasteiger partial charge in [0, 0.05) is 12.6 Å². The molecule has 3 N–H and O–H groups in total. The lowest BCUT2D eigenvalue weighted by Gasteiger charge is -2.32. The van der Waals surface area contributed by atoms with Crippen LogP contribution in [-0.4, -0.2) is 49.6 Å². The molecule has 9 heteroatoms. The number of ether oxygens (including phenoxy) is 2. The van der Waals surface area contributed by atoms with E-state index in [-0.39, 0.29) is 0 Å². The molecule has 1 aromatic rings. The summed E-state index contributed by atoms with van der Waals surface area (Å²) < 4.78 is 15.1. The molecular weight excluding hydrogens is 576 g/mol. The van der Waals surface area contributed by atoms with Crippen LogP contribution >= 0.6 is 63.7 Å². The van der Waals surface area contributed by atoms with E-state index in [2.05, 4.69) is 74.4 Å². The molecule has 0 bridgehead atoms. The summed E-state index contributed by atoms with van der Waals surface area (Å²) in [5.74, 6) is 1.22. The lowest BCUT2D eigenvalue weighted by Crippen LogP contribution is -2.49. The number of hydrogen-bond donors (Lipinski definition) is 3. The normalized spacial score (nSPS) is 22.5. The number of piperidine rings is 1. The molecule has 1 aromatic carbocycles. The van der Waals surface area contributed by atoms with Crippen molar-refractivity contribution in [2.45, 2.75) is 31.1 Å². The van der Waals surface area contributed by atoms with E-state index in [4.69, 9.17) is 9.47 Å². The molecule has 3 rings (SSSR count). The number of rotatable bonds is 4. The van der Waals surface area contributed by atoms with E-state index >= 15 is 0 Å². The van der Waals surface area contributed by atoms with E-state index in [0.29, 0.717) is 30.7 Å². The minimum atomic E-state index is -0.638. The van der Waals surface area contributed by atoms with Crippen molar-refractivity contribution in [1.82, 2.24) is 10.6 Å². The third-order valence-corrected chi connectivity index (χ3v) is 8.92. The van der Waals surface area contributed by atoms with Gasteiger partial charge in [-0.2, -0.15) is 0 Å². The van der Waals surface area contributed by atoms with Gasteiger partial charge in [0.1, 0.15) is 12.7 Å². The Morgan fingerprint density at radius 2 is 1.67 bits per heavy atom. The third kappa shape index (κ3) is 4.13. The van der Waals surface area contributed by atoms with Crippen LogP contribution < -0.4 is 20.1 Å². The van der Waals surface area contributed by atoms with E-state index in [1.165, 1.54) is 0 Å². The number of benzene rings is 1. The zero-order valence-corrected chi connectivity index (χ0v) is 19.1. The van der Waals surface area contributed by atoms with E-state index in [1.54, 1.807) is 0 Å². The molecule has 0 radical (unpaired) electrons. The predicted octanol–water partition coefficient (Wildman–Crippen LogP) is 3.58. The van der Waals surface area contributed by atoms with Crippen LogP contribution in [0.25, 0.3) is 0 Å². The quantitative estimate of drug-likeness (QED) is 0.368. The number of aliphatic hydroxyl groups is 1. The van der Waals surface area contributed by atoms with Crippen LogP contribution in [0.5, 0.6) is 11.5 Å². The Bertz CT molecular complexity index is 611. The van der Waals surface area contributed by atoms with Crippen molar-refractivity contribution in [2.24, 2.45) is 0 Å². The largest absolute Gasteiger partial charge is 0.484 e. The van der Waals surface area contributed by atoms with Crippen LogP contribution in [0.2, 0.25) is 0 Å². The summed E-state index contributed by atoms with van der Waals surface area (Å²) >= 11 is 14.0. The van der Waals surface area contributed by atoms with E-state index in [9.17, 15) is 5.11 Å². The second-order valence-corrected chi connectivity index (χ2v) is 9.05. The van der Waals surface area contributed by atoms with Gasteiger partial charge in [0.15, 0.2) is 17.6 Å². The Hall–Kier alpha value is 0.620. The summed E-state index contributed by atoms with van der Waals surface area (Å²) in [6, 6.07) is 0.448. The fourth-order valence-corrected chi connectivity index (χ4v) is 5.06. The van der Waals surface area contributed by atoms with Crippen molar-refractivity contribution in [3.05, 3.63) is 17.9 Å². The van der Waals surface area contributed by atoms with Crippen LogP contribution in [0.3, 0.4) is 0 Å². The van der Waals surface area contributed by atoms with Crippen molar-refractivity contribution in [1.29, 1.82) is 0 Å². The average Bonchev–Trinajstić information content (AvgIpc) is 2.63. The summed E-state index contributed by atoms with van der Waals surface area (Å²) in [7, 11) is 0. The minimum absolute atomic E-state index is 0.307. The molecule has 0 aromatic heterocycles. The average molecular weight is 594 g/mol. The summed E-state index contributed by atoms with van der Waals surface area (Å²) in [4.78, 5) is 0. The summed E-state index contributed by atoms with van der Waals surface area (Å²) in [6.45, 7) is 2.84. The second-order valence-electron chi connectivity index (χ2n) is 5.88. The van der Waals surface area contributed by atoms with E-state index < -0.39 is 12.2 Å². The predicted molar refractivity (Wildman–Crippen MR) is 107 cm³/mol. The van der Waals surface area contributed by atoms with Gasteiger partial charge in [-0.05, 0) is 89.7 Å². The van der Waals surface area contributed by atoms with Gasteiger partial charge in [0.25, 0.3) is 0 Å². The van der Waals surface area contributed by atoms with Crippen molar-refractivity contribution in [3.63, 3.8) is 0 Å². The molecule has 2 atom stereocenters. The minimum Gasteiger partial charge on any atom is -0.484 e. The monoisotopic (exact) mass is 590 g/mol. The number of nitrogens with one attached hydrogen (secondary N) is 2. The Balaban J connectivity index is 1.66. The number of fused-ring (bicyclic) bond motifs is 1. The molecule has 1 saturated heterocycles. The molecule has 2 aliphatic heterocycles. The summed E-state index contributed by atoms with van der Waals surface area (Å²) in [5, 5.41) is 17.2. The van der Waals surface area contributed by atoms with Crippen molar-refractivity contribution >= 4 is 63.7 Å². The van der Waals surface area contributed by atoms with Gasteiger partial charge < -0.3 is 25.2 Å². The van der Waals surface area contributed by atoms with Crippen LogP contribution in [0.4, 0.5) is 0 Å². The Kier molecular flexibility index (Phi) is 6.90. The first-order valence-corrected chi connectivity index (χ1v) is 10.9. The molecule has 1 fully saturated rings. The molecule has 0 spiro atoms. The van der Waals surface area contributed by atoms with Gasteiger partial charge in [-0.3, -0.25) is 0 Å². The van der Waals surface area contributed by atoms with Gasteiger partial charge in [-0.15, -0.1) is 0 Å². The van der Waals surface area contributed by atoms with E-state index in [1.807, 2.05) is 0 Å². The molecule has 0 amide bonds. The van der Waals surface area contributed by atoms with Gasteiger partial charge in [0.2, 0.25) is 0 Å². The number of halogens is 4. The molecule has 2 heterocycles. The van der Waals surface area contributed by atoms with E-state index in [0.717, 1.165) is 43.8 Å². The van der Waals surface area contributed by atoms with Crippen molar-refractivity contribution in [3.8, 4) is 11.5 Å². The molecule has 0 aliphatic carbocycles. The zero-order chi connectivity index (χ0) is 17.3. The summed E-state index contributed by atoms with van der Waals surface area (Å²) in [5.41, 5.74) is 0. The highest BCUT2D eigenvalue weighted by molar-refractivity contribution is 9.15. The molecule has 5 nitrogen and oxygen atoms in total. The Morgan fingerprint density at radius 3 is 2.33 bits per heavy atom. The maximum absolute atomic E-state index is 10.5. The first kappa shape index (κ1) is 19.4. The molecule has 0 saturated carbocycles. The lowest BCUT2D eigenvalue weighted by atomic mass is 10.1. The van der Waals surface area contributed by atoms with Gasteiger partial charge in [-0.1, -0.05) is 0 Å².